The molecule has 7 nitrogen and oxygen atoms in total. The number of sulfonamides is 1. The predicted octanol–water partition coefficient (Wildman–Crippen LogP) is 2.93. The first-order valence-corrected chi connectivity index (χ1v) is 8.62. The summed E-state index contributed by atoms with van der Waals surface area (Å²) in [7, 11) is -4.35. The lowest BCUT2D eigenvalue weighted by atomic mass is 10.2. The van der Waals surface area contributed by atoms with Crippen molar-refractivity contribution in [1.29, 1.82) is 0 Å². The summed E-state index contributed by atoms with van der Waals surface area (Å²) in [5.74, 6) is -0.410. The van der Waals surface area contributed by atoms with Gasteiger partial charge in [0, 0.05) is 11.6 Å². The average Bonchev–Trinajstić information content (AvgIpc) is 2.51. The second kappa shape index (κ2) is 7.60. The number of primary sulfonamides is 1. The number of hydrogen-bond donors (Lipinski definition) is 2. The Kier molecular flexibility index (Phi) is 5.88. The van der Waals surface area contributed by atoms with E-state index in [1.54, 1.807) is 0 Å². The SMILES string of the molecule is NS(=O)(=O)c1cc(Nc2cc(Cl)ncn2)c(OCC(F)(F)F)cc1CF. The molecule has 13 heteroatoms. The number of nitrogens with two attached hydrogens (primary N) is 1. The zero-order chi connectivity index (χ0) is 19.5. The summed E-state index contributed by atoms with van der Waals surface area (Å²) in [5, 5.41) is 7.59. The molecule has 0 atom stereocenters. The molecule has 0 saturated heterocycles. The Hall–Kier alpha value is -2.18. The van der Waals surface area contributed by atoms with Crippen LogP contribution in [0.15, 0.2) is 29.4 Å². The van der Waals surface area contributed by atoms with E-state index in [-0.39, 0.29) is 16.7 Å². The van der Waals surface area contributed by atoms with Gasteiger partial charge < -0.3 is 10.1 Å². The average molecular weight is 415 g/mol. The molecule has 1 aromatic carbocycles. The van der Waals surface area contributed by atoms with Gasteiger partial charge in [-0.25, -0.2) is 27.9 Å². The van der Waals surface area contributed by atoms with Crippen LogP contribution in [0, 0.1) is 0 Å². The molecule has 142 valence electrons. The van der Waals surface area contributed by atoms with E-state index in [0.29, 0.717) is 0 Å². The van der Waals surface area contributed by atoms with E-state index in [9.17, 15) is 26.0 Å². The molecular weight excluding hydrogens is 404 g/mol. The van der Waals surface area contributed by atoms with E-state index < -0.39 is 45.7 Å². The number of benzene rings is 1. The summed E-state index contributed by atoms with van der Waals surface area (Å²) < 4.78 is 78.3. The number of alkyl halides is 4. The van der Waals surface area contributed by atoms with Gasteiger partial charge in [-0.3, -0.25) is 0 Å². The highest BCUT2D eigenvalue weighted by molar-refractivity contribution is 7.89. The Balaban J connectivity index is 2.53. The summed E-state index contributed by atoms with van der Waals surface area (Å²) in [5.41, 5.74) is -0.679. The quantitative estimate of drug-likeness (QED) is 0.556. The van der Waals surface area contributed by atoms with Crippen LogP contribution in [0.1, 0.15) is 5.56 Å². The molecule has 0 bridgehead atoms. The molecule has 26 heavy (non-hydrogen) atoms. The smallest absolute Gasteiger partial charge is 0.422 e. The minimum absolute atomic E-state index is 0.0207. The molecule has 1 aromatic heterocycles. The second-order valence-electron chi connectivity index (χ2n) is 4.89. The number of anilines is 2. The van der Waals surface area contributed by atoms with Crippen LogP contribution in [0.25, 0.3) is 0 Å². The van der Waals surface area contributed by atoms with Crippen LogP contribution in [0.5, 0.6) is 5.75 Å². The first-order chi connectivity index (χ1) is 12.0. The van der Waals surface area contributed by atoms with Gasteiger partial charge in [0.15, 0.2) is 6.61 Å². The fourth-order valence-electron chi connectivity index (χ4n) is 1.89. The predicted molar refractivity (Wildman–Crippen MR) is 84.5 cm³/mol. The van der Waals surface area contributed by atoms with Crippen LogP contribution < -0.4 is 15.2 Å². The topological polar surface area (TPSA) is 107 Å². The summed E-state index contributed by atoms with van der Waals surface area (Å²) in [4.78, 5) is 6.80. The van der Waals surface area contributed by atoms with Crippen molar-refractivity contribution in [3.8, 4) is 5.75 Å². The van der Waals surface area contributed by atoms with E-state index in [1.165, 1.54) is 6.07 Å². The molecule has 0 radical (unpaired) electrons. The van der Waals surface area contributed by atoms with Crippen molar-refractivity contribution in [2.24, 2.45) is 5.14 Å². The van der Waals surface area contributed by atoms with Gasteiger partial charge in [-0.15, -0.1) is 0 Å². The first-order valence-electron chi connectivity index (χ1n) is 6.69. The zero-order valence-electron chi connectivity index (χ0n) is 12.7. The molecule has 0 aliphatic rings. The molecular formula is C13H11ClF4N4O3S. The van der Waals surface area contributed by atoms with Gasteiger partial charge in [0.1, 0.15) is 29.7 Å². The summed E-state index contributed by atoms with van der Waals surface area (Å²) in [6.45, 7) is -2.96. The van der Waals surface area contributed by atoms with Crippen molar-refractivity contribution < 1.29 is 30.7 Å². The maximum absolute atomic E-state index is 13.1. The lowest BCUT2D eigenvalue weighted by Gasteiger charge is -2.17. The van der Waals surface area contributed by atoms with Gasteiger partial charge >= 0.3 is 6.18 Å². The van der Waals surface area contributed by atoms with Crippen LogP contribution in [-0.2, 0) is 16.7 Å². The summed E-state index contributed by atoms with van der Waals surface area (Å²) >= 11 is 5.69. The summed E-state index contributed by atoms with van der Waals surface area (Å²) in [6, 6.07) is 2.90. The monoisotopic (exact) mass is 414 g/mol. The molecule has 0 amide bonds. The number of nitrogens with one attached hydrogen (secondary N) is 1. The highest BCUT2D eigenvalue weighted by Gasteiger charge is 2.29. The third-order valence-electron chi connectivity index (χ3n) is 2.90. The lowest BCUT2D eigenvalue weighted by Crippen LogP contribution is -2.20. The fraction of sp³-hybridized carbons (Fsp3) is 0.231. The van der Waals surface area contributed by atoms with E-state index in [1.807, 2.05) is 0 Å². The Morgan fingerprint density at radius 1 is 1.23 bits per heavy atom. The van der Waals surface area contributed by atoms with Gasteiger partial charge in [0.2, 0.25) is 10.0 Å². The minimum atomic E-state index is -4.66. The largest absolute Gasteiger partial charge is 0.482 e. The van der Waals surface area contributed by atoms with Crippen molar-refractivity contribution in [2.75, 3.05) is 11.9 Å². The molecule has 3 N–H and O–H groups in total. The zero-order valence-corrected chi connectivity index (χ0v) is 14.3. The van der Waals surface area contributed by atoms with Gasteiger partial charge in [0.05, 0.1) is 10.6 Å². The van der Waals surface area contributed by atoms with Gasteiger partial charge in [-0.2, -0.15) is 13.2 Å². The van der Waals surface area contributed by atoms with E-state index in [4.69, 9.17) is 16.7 Å². The Morgan fingerprint density at radius 3 is 2.46 bits per heavy atom. The highest BCUT2D eigenvalue weighted by atomic mass is 35.5. The van der Waals surface area contributed by atoms with Crippen LogP contribution in [0.3, 0.4) is 0 Å². The van der Waals surface area contributed by atoms with Crippen LogP contribution in [0.4, 0.5) is 29.1 Å². The molecule has 0 fully saturated rings. The third-order valence-corrected chi connectivity index (χ3v) is 4.10. The van der Waals surface area contributed by atoms with Crippen LogP contribution in [-0.4, -0.2) is 31.2 Å². The Bertz CT molecular complexity index is 909. The van der Waals surface area contributed by atoms with Crippen molar-refractivity contribution in [2.45, 2.75) is 17.7 Å². The van der Waals surface area contributed by atoms with E-state index in [0.717, 1.165) is 18.5 Å². The second-order valence-corrected chi connectivity index (χ2v) is 6.81. The molecule has 0 aliphatic carbocycles. The van der Waals surface area contributed by atoms with Crippen LogP contribution in [0.2, 0.25) is 5.15 Å². The van der Waals surface area contributed by atoms with Crippen molar-refractivity contribution in [1.82, 2.24) is 9.97 Å². The number of halogens is 5. The Labute approximate surface area is 150 Å². The van der Waals surface area contributed by atoms with Gasteiger partial charge in [-0.05, 0) is 12.1 Å². The maximum atomic E-state index is 13.1. The lowest BCUT2D eigenvalue weighted by molar-refractivity contribution is -0.153. The molecule has 2 rings (SSSR count). The normalized spacial score (nSPS) is 12.1. The minimum Gasteiger partial charge on any atom is -0.482 e. The number of rotatable bonds is 6. The van der Waals surface area contributed by atoms with Gasteiger partial charge in [0.25, 0.3) is 0 Å². The van der Waals surface area contributed by atoms with E-state index in [2.05, 4.69) is 20.0 Å². The molecule has 2 aromatic rings. The number of ether oxygens (including phenoxy) is 1. The van der Waals surface area contributed by atoms with Gasteiger partial charge in [-0.1, -0.05) is 11.6 Å². The summed E-state index contributed by atoms with van der Waals surface area (Å²) in [6.07, 6.45) is -3.60. The molecule has 0 unspecified atom stereocenters. The Morgan fingerprint density at radius 2 is 1.92 bits per heavy atom. The van der Waals surface area contributed by atoms with Crippen molar-refractivity contribution in [3.05, 3.63) is 35.2 Å². The number of nitrogens with zero attached hydrogens (tertiary/aromatic N) is 2. The van der Waals surface area contributed by atoms with E-state index >= 15 is 0 Å². The standard InChI is InChI=1S/C13H11ClF4N4O3S/c14-11-3-12(21-6-20-11)22-8-2-10(26(19,23)24)7(4-15)1-9(8)25-5-13(16,17)18/h1-3,6H,4-5H2,(H2,19,23,24)(H,20,21,22). The van der Waals surface area contributed by atoms with Crippen molar-refractivity contribution >= 4 is 33.1 Å². The number of hydrogen-bond acceptors (Lipinski definition) is 6. The van der Waals surface area contributed by atoms with Crippen molar-refractivity contribution in [3.63, 3.8) is 0 Å². The fourth-order valence-corrected chi connectivity index (χ4v) is 2.80. The molecule has 0 aliphatic heterocycles. The number of aromatic nitrogens is 2. The molecule has 0 spiro atoms. The highest BCUT2D eigenvalue weighted by Crippen LogP contribution is 2.34. The molecule has 0 saturated carbocycles. The maximum Gasteiger partial charge on any atom is 0.422 e. The molecule has 1 heterocycles. The third kappa shape index (κ3) is 5.41. The first kappa shape index (κ1) is 20.1. The van der Waals surface area contributed by atoms with Crippen LogP contribution >= 0.6 is 11.6 Å².